The fourth-order valence-electron chi connectivity index (χ4n) is 0.585. The molecule has 0 atom stereocenters. The van der Waals surface area contributed by atoms with Crippen molar-refractivity contribution >= 4 is 78.0 Å². The molecular formula is C6H6Cl5NOSn. The number of phenols is 1. The molecule has 0 saturated carbocycles. The average molecular weight is 404 g/mol. The molecule has 3 N–H and O–H groups in total. The molecule has 1 rings (SSSR count). The summed E-state index contributed by atoms with van der Waals surface area (Å²) in [6.45, 7) is 0. The van der Waals surface area contributed by atoms with Crippen LogP contribution in [0.4, 0.5) is 5.69 Å². The van der Waals surface area contributed by atoms with Crippen molar-refractivity contribution in [2.45, 2.75) is 0 Å². The van der Waals surface area contributed by atoms with E-state index in [1.54, 1.807) is 0 Å². The average Bonchev–Trinajstić information content (AvgIpc) is 2.01. The molecule has 0 bridgehead atoms. The fourth-order valence-corrected chi connectivity index (χ4v) is 1.09. The van der Waals surface area contributed by atoms with Gasteiger partial charge in [0.15, 0.2) is 5.75 Å². The molecule has 0 aliphatic heterocycles. The van der Waals surface area contributed by atoms with Gasteiger partial charge in [-0.25, -0.2) is 0 Å². The van der Waals surface area contributed by atoms with E-state index in [4.69, 9.17) is 51.9 Å². The Morgan fingerprint density at radius 3 is 1.71 bits per heavy atom. The number of nitrogen functional groups attached to an aromatic ring is 1. The van der Waals surface area contributed by atoms with Crippen LogP contribution in [0.3, 0.4) is 0 Å². The number of nitrogens with two attached hydrogens (primary N) is 1. The second kappa shape index (κ2) is 9.31. The molecule has 14 heavy (non-hydrogen) atoms. The number of rotatable bonds is 0. The van der Waals surface area contributed by atoms with Crippen molar-refractivity contribution in [1.29, 1.82) is 0 Å². The molecule has 1 aromatic rings. The normalized spacial score (nSPS) is 8.29. The maximum atomic E-state index is 9.01. The number of hydrogen-bond donors (Lipinski definition) is 2. The van der Waals surface area contributed by atoms with Crippen LogP contribution in [0.15, 0.2) is 12.1 Å². The van der Waals surface area contributed by atoms with Crippen molar-refractivity contribution in [3.05, 3.63) is 22.2 Å². The molecule has 0 aromatic heterocycles. The number of phenolic OH excluding ortho intramolecular Hbond substituents is 1. The Labute approximate surface area is 116 Å². The zero-order chi connectivity index (χ0) is 10.4. The van der Waals surface area contributed by atoms with Gasteiger partial charge < -0.3 is 10.8 Å². The molecule has 0 heterocycles. The first-order valence-electron chi connectivity index (χ1n) is 2.92. The van der Waals surface area contributed by atoms with E-state index >= 15 is 0 Å². The number of hydrogen-bond acceptors (Lipinski definition) is 2. The third-order valence-corrected chi connectivity index (χ3v) is 1.62. The molecule has 80 valence electrons. The van der Waals surface area contributed by atoms with Gasteiger partial charge in [0.2, 0.25) is 0 Å². The molecule has 0 unspecified atom stereocenters. The summed E-state index contributed by atoms with van der Waals surface area (Å²) < 4.78 is 0. The van der Waals surface area contributed by atoms with Gasteiger partial charge >= 0.3 is 36.7 Å². The summed E-state index contributed by atoms with van der Waals surface area (Å²) in [5.74, 6) is -0.127. The first kappa shape index (κ1) is 17.5. The van der Waals surface area contributed by atoms with Gasteiger partial charge in [-0.3, -0.25) is 0 Å². The van der Waals surface area contributed by atoms with E-state index in [0.29, 0.717) is 5.69 Å². The monoisotopic (exact) mass is 403 g/mol. The quantitative estimate of drug-likeness (QED) is 0.394. The van der Waals surface area contributed by atoms with Crippen LogP contribution in [0.5, 0.6) is 5.75 Å². The van der Waals surface area contributed by atoms with Gasteiger partial charge in [0.25, 0.3) is 0 Å². The molecule has 1 aromatic carbocycles. The van der Waals surface area contributed by atoms with E-state index in [-0.39, 0.29) is 28.2 Å². The predicted octanol–water partition coefficient (Wildman–Crippen LogP) is 3.70. The SMILES string of the molecule is Cl.Nc1cc(Cl)c(O)c(Cl)c1.[Cl][Sn][Cl]. The Kier molecular flexibility index (Phi) is 11.6. The third-order valence-electron chi connectivity index (χ3n) is 1.04. The van der Waals surface area contributed by atoms with Crippen LogP contribution >= 0.6 is 53.5 Å². The van der Waals surface area contributed by atoms with Crippen LogP contribution in [-0.2, 0) is 0 Å². The number of anilines is 1. The van der Waals surface area contributed by atoms with Crippen LogP contribution in [0.1, 0.15) is 0 Å². The van der Waals surface area contributed by atoms with Crippen molar-refractivity contribution in [2.75, 3.05) is 5.73 Å². The van der Waals surface area contributed by atoms with E-state index in [2.05, 4.69) is 0 Å². The van der Waals surface area contributed by atoms with Crippen molar-refractivity contribution in [3.63, 3.8) is 0 Å². The van der Waals surface area contributed by atoms with Crippen LogP contribution < -0.4 is 5.73 Å². The second-order valence-corrected chi connectivity index (χ2v) is 6.96. The molecule has 0 aliphatic rings. The van der Waals surface area contributed by atoms with E-state index in [9.17, 15) is 0 Å². The molecule has 8 heteroatoms. The summed E-state index contributed by atoms with van der Waals surface area (Å²) in [7, 11) is 9.87. The van der Waals surface area contributed by atoms with Crippen molar-refractivity contribution in [2.24, 2.45) is 0 Å². The van der Waals surface area contributed by atoms with E-state index in [0.717, 1.165) is 0 Å². The van der Waals surface area contributed by atoms with Crippen LogP contribution in [0.25, 0.3) is 0 Å². The van der Waals surface area contributed by atoms with Gasteiger partial charge in [-0.1, -0.05) is 23.2 Å². The van der Waals surface area contributed by atoms with Crippen LogP contribution in [0, 0.1) is 0 Å². The van der Waals surface area contributed by atoms with Gasteiger partial charge in [0.05, 0.1) is 10.0 Å². The zero-order valence-corrected chi connectivity index (χ0v) is 13.3. The summed E-state index contributed by atoms with van der Waals surface area (Å²) in [4.78, 5) is 0. The number of halogens is 5. The van der Waals surface area contributed by atoms with Crippen molar-refractivity contribution < 1.29 is 5.11 Å². The Morgan fingerprint density at radius 2 is 1.43 bits per heavy atom. The molecule has 2 nitrogen and oxygen atoms in total. The molecule has 2 radical (unpaired) electrons. The predicted molar refractivity (Wildman–Crippen MR) is 67.2 cm³/mol. The molecule has 0 saturated heterocycles. The Balaban J connectivity index is 0. The number of benzene rings is 1. The molecular weight excluding hydrogens is 398 g/mol. The second-order valence-electron chi connectivity index (χ2n) is 1.90. The van der Waals surface area contributed by atoms with Gasteiger partial charge in [-0.2, -0.15) is 0 Å². The van der Waals surface area contributed by atoms with Gasteiger partial charge in [0, 0.05) is 5.69 Å². The Bertz CT molecular complexity index is 262. The molecule has 0 spiro atoms. The van der Waals surface area contributed by atoms with Crippen molar-refractivity contribution in [3.8, 4) is 5.75 Å². The Hall–Kier alpha value is 1.07. The van der Waals surface area contributed by atoms with Gasteiger partial charge in [-0.05, 0) is 12.1 Å². The first-order valence-corrected chi connectivity index (χ1v) is 10.9. The third kappa shape index (κ3) is 6.53. The molecule has 0 aliphatic carbocycles. The van der Waals surface area contributed by atoms with Crippen LogP contribution in [0.2, 0.25) is 10.0 Å². The minimum absolute atomic E-state index is 0. The summed E-state index contributed by atoms with van der Waals surface area (Å²) in [5, 5.41) is 9.35. The van der Waals surface area contributed by atoms with E-state index in [1.807, 2.05) is 0 Å². The summed E-state index contributed by atoms with van der Waals surface area (Å²) in [6.07, 6.45) is 0. The first-order chi connectivity index (χ1) is 6.02. The van der Waals surface area contributed by atoms with Crippen molar-refractivity contribution in [1.82, 2.24) is 0 Å². The summed E-state index contributed by atoms with van der Waals surface area (Å²) in [6, 6.07) is 2.87. The van der Waals surface area contributed by atoms with Gasteiger partial charge in [0.1, 0.15) is 0 Å². The molecule has 0 amide bonds. The topological polar surface area (TPSA) is 46.2 Å². The Morgan fingerprint density at radius 1 is 1.14 bits per heavy atom. The zero-order valence-electron chi connectivity index (χ0n) is 6.60. The van der Waals surface area contributed by atoms with E-state index < -0.39 is 18.9 Å². The van der Waals surface area contributed by atoms with E-state index in [1.165, 1.54) is 12.1 Å². The molecule has 0 fully saturated rings. The maximum absolute atomic E-state index is 9.01. The summed E-state index contributed by atoms with van der Waals surface area (Å²) in [5.41, 5.74) is 5.79. The van der Waals surface area contributed by atoms with Crippen LogP contribution in [-0.4, -0.2) is 24.0 Å². The minimum atomic E-state index is -0.826. The van der Waals surface area contributed by atoms with Gasteiger partial charge in [-0.15, -0.1) is 12.4 Å². The number of aromatic hydroxyl groups is 1. The fraction of sp³-hybridized carbons (Fsp3) is 0. The standard InChI is InChI=1S/C6H5Cl2NO.3ClH.Sn/c7-4-1-3(9)2-5(8)6(4)10;;;;/h1-2,10H,9H2;3*1H;/q;;;;+2/p-2. The summed E-state index contributed by atoms with van der Waals surface area (Å²) >= 11 is 10.2.